The zero-order chi connectivity index (χ0) is 25.8. The van der Waals surface area contributed by atoms with E-state index in [1.165, 1.54) is 24.1 Å². The Morgan fingerprint density at radius 1 is 1.19 bits per heavy atom. The van der Waals surface area contributed by atoms with Crippen LogP contribution in [-0.2, 0) is 9.59 Å². The fourth-order valence-electron chi connectivity index (χ4n) is 9.57. The van der Waals surface area contributed by atoms with Crippen LogP contribution in [0.1, 0.15) is 103 Å². The molecule has 2 N–H and O–H groups in total. The van der Waals surface area contributed by atoms with Crippen LogP contribution in [0.25, 0.3) is 0 Å². The average molecular weight is 579 g/mol. The van der Waals surface area contributed by atoms with Gasteiger partial charge in [-0.15, -0.1) is 11.3 Å². The van der Waals surface area contributed by atoms with Crippen molar-refractivity contribution in [2.75, 3.05) is 0 Å². The number of thiophene rings is 1. The molecule has 1 aromatic heterocycles. The van der Waals surface area contributed by atoms with Crippen molar-refractivity contribution >= 4 is 39.0 Å². The van der Waals surface area contributed by atoms with E-state index >= 15 is 0 Å². The number of aliphatic hydroxyl groups is 1. The first-order valence-corrected chi connectivity index (χ1v) is 15.9. The van der Waals surface area contributed by atoms with E-state index in [9.17, 15) is 14.7 Å². The number of ketones is 1. The average Bonchev–Trinajstić information content (AvgIpc) is 3.41. The third kappa shape index (κ3) is 4.55. The molecule has 0 aromatic carbocycles. The largest absolute Gasteiger partial charge is 0.393 e. The van der Waals surface area contributed by atoms with E-state index in [0.29, 0.717) is 54.1 Å². The summed E-state index contributed by atoms with van der Waals surface area (Å²) in [4.78, 5) is 26.6. The highest BCUT2D eigenvalue weighted by molar-refractivity contribution is 9.11. The van der Waals surface area contributed by atoms with E-state index < -0.39 is 0 Å². The number of rotatable bonds is 6. The van der Waals surface area contributed by atoms with Crippen molar-refractivity contribution in [1.82, 2.24) is 5.32 Å². The van der Waals surface area contributed by atoms with Crippen LogP contribution in [0.4, 0.5) is 0 Å². The second-order valence-electron chi connectivity index (χ2n) is 13.1. The number of hydrogen-bond donors (Lipinski definition) is 2. The highest BCUT2D eigenvalue weighted by atomic mass is 79.9. The summed E-state index contributed by atoms with van der Waals surface area (Å²) in [6, 6.07) is 4.24. The lowest BCUT2D eigenvalue weighted by Crippen LogP contribution is -2.58. The third-order valence-electron chi connectivity index (χ3n) is 11.4. The number of hydrogen-bond acceptors (Lipinski definition) is 4. The van der Waals surface area contributed by atoms with Gasteiger partial charge in [-0.25, -0.2) is 0 Å². The molecule has 0 bridgehead atoms. The Kier molecular flexibility index (Phi) is 7.55. The number of halogens is 1. The third-order valence-corrected chi connectivity index (χ3v) is 13.2. The highest BCUT2D eigenvalue weighted by Crippen LogP contribution is 2.68. The van der Waals surface area contributed by atoms with Gasteiger partial charge in [-0.3, -0.25) is 9.59 Å². The van der Waals surface area contributed by atoms with Crippen LogP contribution in [0.3, 0.4) is 0 Å². The zero-order valence-electron chi connectivity index (χ0n) is 22.4. The van der Waals surface area contributed by atoms with Gasteiger partial charge in [0.2, 0.25) is 5.91 Å². The summed E-state index contributed by atoms with van der Waals surface area (Å²) >= 11 is 5.24. The van der Waals surface area contributed by atoms with Gasteiger partial charge in [0.15, 0.2) is 0 Å². The standard InChI is InChI=1S/C30H44BrNO3S/c1-5-23(25-8-9-26(31)36-25)32-27(35)14-17(2)20-6-7-21-28-22(11-13-30(20,21)4)29(3)12-10-19(33)15-18(29)16-24(28)34/h8-9,17-18,20-24,28,34H,5-7,10-16H2,1-4H3,(H,32,35)/t17-,18+,20?,21+,22+,23?,24-,28+,29+,30-/m1/s1. The quantitative estimate of drug-likeness (QED) is 0.372. The molecular weight excluding hydrogens is 534 g/mol. The molecule has 4 fully saturated rings. The van der Waals surface area contributed by atoms with E-state index in [-0.39, 0.29) is 28.9 Å². The van der Waals surface area contributed by atoms with Crippen molar-refractivity contribution in [3.05, 3.63) is 20.8 Å². The first-order chi connectivity index (χ1) is 17.1. The van der Waals surface area contributed by atoms with Crippen LogP contribution in [0.5, 0.6) is 0 Å². The summed E-state index contributed by atoms with van der Waals surface area (Å²) in [6.07, 6.45) is 9.09. The Labute approximate surface area is 229 Å². The molecule has 1 heterocycles. The zero-order valence-corrected chi connectivity index (χ0v) is 24.8. The van der Waals surface area contributed by atoms with Crippen LogP contribution in [0.2, 0.25) is 0 Å². The predicted molar refractivity (Wildman–Crippen MR) is 149 cm³/mol. The molecule has 0 aliphatic heterocycles. The van der Waals surface area contributed by atoms with Gasteiger partial charge in [0.05, 0.1) is 15.9 Å². The molecule has 36 heavy (non-hydrogen) atoms. The smallest absolute Gasteiger partial charge is 0.220 e. The van der Waals surface area contributed by atoms with Crippen molar-refractivity contribution in [2.45, 2.75) is 104 Å². The minimum Gasteiger partial charge on any atom is -0.393 e. The van der Waals surface area contributed by atoms with E-state index in [2.05, 4.69) is 61.1 Å². The first kappa shape index (κ1) is 26.9. The Hall–Kier alpha value is -0.720. The molecule has 0 radical (unpaired) electrons. The van der Waals surface area contributed by atoms with E-state index in [0.717, 1.165) is 35.9 Å². The van der Waals surface area contributed by atoms with Crippen molar-refractivity contribution in [2.24, 2.45) is 46.3 Å². The molecule has 200 valence electrons. The van der Waals surface area contributed by atoms with Crippen LogP contribution in [-0.4, -0.2) is 22.9 Å². The Morgan fingerprint density at radius 2 is 1.94 bits per heavy atom. The Balaban J connectivity index is 1.27. The van der Waals surface area contributed by atoms with Crippen LogP contribution >= 0.6 is 27.3 Å². The normalized spacial score (nSPS) is 41.7. The molecular formula is C30H44BrNO3S. The molecule has 2 unspecified atom stereocenters. The first-order valence-electron chi connectivity index (χ1n) is 14.3. The second kappa shape index (κ2) is 10.1. The predicted octanol–water partition coefficient (Wildman–Crippen LogP) is 7.30. The van der Waals surface area contributed by atoms with Gasteiger partial charge in [0, 0.05) is 24.1 Å². The minimum absolute atomic E-state index is 0.0804. The maximum Gasteiger partial charge on any atom is 0.220 e. The van der Waals surface area contributed by atoms with Gasteiger partial charge in [0.1, 0.15) is 5.78 Å². The summed E-state index contributed by atoms with van der Waals surface area (Å²) < 4.78 is 1.10. The number of carbonyl (C=O) groups is 2. The summed E-state index contributed by atoms with van der Waals surface area (Å²) in [5.74, 6) is 3.19. The fourth-order valence-corrected chi connectivity index (χ4v) is 11.1. The maximum atomic E-state index is 13.1. The summed E-state index contributed by atoms with van der Waals surface area (Å²) in [7, 11) is 0. The molecule has 0 saturated heterocycles. The van der Waals surface area contributed by atoms with Crippen LogP contribution in [0, 0.1) is 46.3 Å². The lowest BCUT2D eigenvalue weighted by atomic mass is 9.44. The van der Waals surface area contributed by atoms with Gasteiger partial charge in [-0.2, -0.15) is 0 Å². The summed E-state index contributed by atoms with van der Waals surface area (Å²) in [5.41, 5.74) is 0.396. The number of amides is 1. The van der Waals surface area contributed by atoms with E-state index in [1.807, 2.05) is 0 Å². The molecule has 1 aromatic rings. The topological polar surface area (TPSA) is 66.4 Å². The highest BCUT2D eigenvalue weighted by Gasteiger charge is 2.62. The molecule has 1 amide bonds. The van der Waals surface area contributed by atoms with E-state index in [4.69, 9.17) is 0 Å². The van der Waals surface area contributed by atoms with Crippen LogP contribution in [0.15, 0.2) is 15.9 Å². The fraction of sp³-hybridized carbons (Fsp3) is 0.800. The summed E-state index contributed by atoms with van der Waals surface area (Å²) in [5, 5.41) is 14.7. The van der Waals surface area contributed by atoms with Gasteiger partial charge >= 0.3 is 0 Å². The van der Waals surface area contributed by atoms with Crippen molar-refractivity contribution < 1.29 is 14.7 Å². The minimum atomic E-state index is -0.281. The van der Waals surface area contributed by atoms with Crippen molar-refractivity contribution in [1.29, 1.82) is 0 Å². The van der Waals surface area contributed by atoms with Crippen molar-refractivity contribution in [3.8, 4) is 0 Å². The second-order valence-corrected chi connectivity index (χ2v) is 15.6. The van der Waals surface area contributed by atoms with Gasteiger partial charge in [-0.1, -0.05) is 27.7 Å². The van der Waals surface area contributed by atoms with Gasteiger partial charge < -0.3 is 10.4 Å². The molecule has 6 heteroatoms. The summed E-state index contributed by atoms with van der Waals surface area (Å²) in [6.45, 7) is 9.33. The molecule has 0 spiro atoms. The number of aliphatic hydroxyl groups excluding tert-OH is 1. The molecule has 4 aliphatic carbocycles. The molecule has 4 aliphatic rings. The maximum absolute atomic E-state index is 13.1. The number of fused-ring (bicyclic) bond motifs is 5. The molecule has 10 atom stereocenters. The number of carbonyl (C=O) groups excluding carboxylic acids is 2. The number of nitrogens with one attached hydrogen (secondary N) is 1. The molecule has 5 rings (SSSR count). The lowest BCUT2D eigenvalue weighted by molar-refractivity contribution is -0.169. The Morgan fingerprint density at radius 3 is 2.64 bits per heavy atom. The SMILES string of the molecule is CCC(NC(=O)C[C@@H](C)C1CC[C@H]2[C@@H]3[C@H](O)C[C@@H]4CC(=O)CC[C@]4(C)[C@H]3CC[C@]12C)c1ccc(Br)s1. The van der Waals surface area contributed by atoms with Crippen LogP contribution < -0.4 is 5.32 Å². The molecule has 4 nitrogen and oxygen atoms in total. The Bertz CT molecular complexity index is 995. The van der Waals surface area contributed by atoms with Gasteiger partial charge in [-0.05, 0) is 119 Å². The van der Waals surface area contributed by atoms with E-state index in [1.54, 1.807) is 11.3 Å². The lowest BCUT2D eigenvalue weighted by Gasteiger charge is -2.61. The monoisotopic (exact) mass is 577 g/mol. The van der Waals surface area contributed by atoms with Gasteiger partial charge in [0.25, 0.3) is 0 Å². The number of Topliss-reactive ketones (excluding diaryl/α,β-unsaturated/α-hetero) is 1. The van der Waals surface area contributed by atoms with Crippen molar-refractivity contribution in [3.63, 3.8) is 0 Å². The molecule has 4 saturated carbocycles.